The van der Waals surface area contributed by atoms with Gasteiger partial charge in [-0.15, -0.1) is 0 Å². The fraction of sp³-hybridized carbons (Fsp3) is 0.350. The topological polar surface area (TPSA) is 71.1 Å². The molecule has 1 aromatic heterocycles. The van der Waals surface area contributed by atoms with E-state index in [4.69, 9.17) is 0 Å². The highest BCUT2D eigenvalue weighted by atomic mass is 16.2. The van der Waals surface area contributed by atoms with E-state index in [1.807, 2.05) is 0 Å². The van der Waals surface area contributed by atoms with Crippen LogP contribution in [0.3, 0.4) is 0 Å². The van der Waals surface area contributed by atoms with Crippen LogP contribution in [0.1, 0.15) is 53.5 Å². The molecule has 130 valence electrons. The summed E-state index contributed by atoms with van der Waals surface area (Å²) in [6, 6.07) is 12.4. The van der Waals surface area contributed by atoms with E-state index in [2.05, 4.69) is 22.5 Å². The van der Waals surface area contributed by atoms with Crippen molar-refractivity contribution in [3.63, 3.8) is 0 Å². The molecule has 0 aliphatic heterocycles. The molecule has 0 radical (unpaired) electrons. The van der Waals surface area contributed by atoms with Crippen molar-refractivity contribution in [1.29, 1.82) is 0 Å². The normalized spacial score (nSPS) is 19.9. The number of nitrogens with one attached hydrogen (secondary N) is 2. The molecule has 5 heteroatoms. The Balaban J connectivity index is 1.70. The molecule has 1 saturated carbocycles. The number of pyridine rings is 1. The number of aromatic nitrogens is 1. The summed E-state index contributed by atoms with van der Waals surface area (Å²) in [5.74, 6) is 0.266. The van der Waals surface area contributed by atoms with Crippen LogP contribution < -0.4 is 10.6 Å². The minimum absolute atomic E-state index is 0.142. The molecule has 0 saturated heterocycles. The molecular formula is C20H23N3O2. The van der Waals surface area contributed by atoms with Gasteiger partial charge < -0.3 is 10.6 Å². The average molecular weight is 337 g/mol. The Hall–Kier alpha value is -2.69. The third kappa shape index (κ3) is 4.44. The second kappa shape index (κ2) is 7.92. The molecule has 2 aromatic rings. The van der Waals surface area contributed by atoms with E-state index in [0.717, 1.165) is 31.6 Å². The molecule has 2 amide bonds. The molecule has 1 fully saturated rings. The van der Waals surface area contributed by atoms with Crippen LogP contribution in [0, 0.1) is 5.92 Å². The van der Waals surface area contributed by atoms with Crippen LogP contribution in [0.5, 0.6) is 0 Å². The van der Waals surface area contributed by atoms with Crippen molar-refractivity contribution in [1.82, 2.24) is 10.3 Å². The smallest absolute Gasteiger partial charge is 0.274 e. The van der Waals surface area contributed by atoms with Crippen molar-refractivity contribution >= 4 is 17.5 Å². The Kier molecular flexibility index (Phi) is 5.43. The summed E-state index contributed by atoms with van der Waals surface area (Å²) in [4.78, 5) is 29.0. The van der Waals surface area contributed by atoms with Gasteiger partial charge in [-0.3, -0.25) is 14.6 Å². The summed E-state index contributed by atoms with van der Waals surface area (Å²) in [5, 5.41) is 5.89. The fourth-order valence-corrected chi connectivity index (χ4v) is 3.14. The Morgan fingerprint density at radius 2 is 1.68 bits per heavy atom. The Morgan fingerprint density at radius 3 is 2.40 bits per heavy atom. The molecule has 5 nitrogen and oxygen atoms in total. The molecule has 25 heavy (non-hydrogen) atoms. The number of carbonyl (C=O) groups excluding carboxylic acids is 2. The van der Waals surface area contributed by atoms with E-state index in [9.17, 15) is 9.59 Å². The van der Waals surface area contributed by atoms with Crippen molar-refractivity contribution in [2.45, 2.75) is 38.6 Å². The van der Waals surface area contributed by atoms with Crippen LogP contribution in [-0.2, 0) is 0 Å². The first-order valence-corrected chi connectivity index (χ1v) is 8.76. The van der Waals surface area contributed by atoms with Crippen LogP contribution in [0.4, 0.5) is 5.69 Å². The number of para-hydroxylation sites is 1. The third-order valence-corrected chi connectivity index (χ3v) is 4.67. The first-order chi connectivity index (χ1) is 12.1. The molecule has 0 atom stereocenters. The lowest BCUT2D eigenvalue weighted by atomic mass is 9.87. The number of nitrogens with zero attached hydrogens (tertiary/aromatic N) is 1. The number of carbonyl (C=O) groups is 2. The summed E-state index contributed by atoms with van der Waals surface area (Å²) in [6.45, 7) is 2.25. The molecule has 1 aromatic carbocycles. The molecule has 2 N–H and O–H groups in total. The lowest BCUT2D eigenvalue weighted by Crippen LogP contribution is -2.37. The van der Waals surface area contributed by atoms with Gasteiger partial charge in [0.25, 0.3) is 11.8 Å². The van der Waals surface area contributed by atoms with Crippen LogP contribution >= 0.6 is 0 Å². The quantitative estimate of drug-likeness (QED) is 0.895. The first-order valence-electron chi connectivity index (χ1n) is 8.76. The monoisotopic (exact) mass is 337 g/mol. The van der Waals surface area contributed by atoms with Crippen molar-refractivity contribution < 1.29 is 9.59 Å². The van der Waals surface area contributed by atoms with E-state index >= 15 is 0 Å². The number of anilines is 1. The maximum Gasteiger partial charge on any atom is 0.274 e. The van der Waals surface area contributed by atoms with Gasteiger partial charge in [0.2, 0.25) is 0 Å². The molecule has 1 heterocycles. The summed E-state index contributed by atoms with van der Waals surface area (Å²) in [6.07, 6.45) is 5.87. The van der Waals surface area contributed by atoms with Crippen molar-refractivity contribution in [2.24, 2.45) is 5.92 Å². The van der Waals surface area contributed by atoms with Gasteiger partial charge in [-0.1, -0.05) is 25.1 Å². The van der Waals surface area contributed by atoms with Gasteiger partial charge in [-0.25, -0.2) is 0 Å². The number of amides is 2. The summed E-state index contributed by atoms with van der Waals surface area (Å²) in [7, 11) is 0. The molecular weight excluding hydrogens is 314 g/mol. The van der Waals surface area contributed by atoms with Crippen molar-refractivity contribution in [3.05, 3.63) is 59.9 Å². The SMILES string of the molecule is CC1CCC(NC(=O)c2ccccc2NC(=O)c2ccccn2)CC1. The summed E-state index contributed by atoms with van der Waals surface area (Å²) < 4.78 is 0. The van der Waals surface area contributed by atoms with Gasteiger partial charge in [-0.05, 0) is 55.9 Å². The summed E-state index contributed by atoms with van der Waals surface area (Å²) >= 11 is 0. The molecule has 0 bridgehead atoms. The van der Waals surface area contributed by atoms with Gasteiger partial charge in [0.1, 0.15) is 5.69 Å². The Bertz CT molecular complexity index is 738. The fourth-order valence-electron chi connectivity index (χ4n) is 3.14. The van der Waals surface area contributed by atoms with Crippen LogP contribution in [0.25, 0.3) is 0 Å². The van der Waals surface area contributed by atoms with Crippen molar-refractivity contribution in [3.8, 4) is 0 Å². The number of benzene rings is 1. The molecule has 0 unspecified atom stereocenters. The van der Waals surface area contributed by atoms with Gasteiger partial charge in [0.15, 0.2) is 0 Å². The largest absolute Gasteiger partial charge is 0.349 e. The van der Waals surface area contributed by atoms with E-state index in [1.54, 1.807) is 48.7 Å². The van der Waals surface area contributed by atoms with Gasteiger partial charge in [-0.2, -0.15) is 0 Å². The molecule has 0 spiro atoms. The lowest BCUT2D eigenvalue weighted by molar-refractivity contribution is 0.0924. The lowest BCUT2D eigenvalue weighted by Gasteiger charge is -2.27. The number of hydrogen-bond donors (Lipinski definition) is 2. The summed E-state index contributed by atoms with van der Waals surface area (Å²) in [5.41, 5.74) is 1.30. The average Bonchev–Trinajstić information content (AvgIpc) is 2.64. The van der Waals surface area contributed by atoms with Gasteiger partial charge >= 0.3 is 0 Å². The second-order valence-electron chi connectivity index (χ2n) is 6.64. The molecule has 1 aliphatic carbocycles. The first kappa shape index (κ1) is 17.1. The highest BCUT2D eigenvalue weighted by Gasteiger charge is 2.22. The maximum absolute atomic E-state index is 12.7. The minimum atomic E-state index is -0.327. The van der Waals surface area contributed by atoms with Gasteiger partial charge in [0, 0.05) is 12.2 Å². The van der Waals surface area contributed by atoms with E-state index in [-0.39, 0.29) is 17.9 Å². The zero-order valence-electron chi connectivity index (χ0n) is 14.4. The second-order valence-corrected chi connectivity index (χ2v) is 6.64. The van der Waals surface area contributed by atoms with Gasteiger partial charge in [0.05, 0.1) is 11.3 Å². The minimum Gasteiger partial charge on any atom is -0.349 e. The Labute approximate surface area is 147 Å². The molecule has 3 rings (SSSR count). The highest BCUT2D eigenvalue weighted by Crippen LogP contribution is 2.24. The zero-order valence-corrected chi connectivity index (χ0v) is 14.4. The van der Waals surface area contributed by atoms with Crippen molar-refractivity contribution in [2.75, 3.05) is 5.32 Å². The number of hydrogen-bond acceptors (Lipinski definition) is 3. The maximum atomic E-state index is 12.7. The standard InChI is InChI=1S/C20H23N3O2/c1-14-9-11-15(12-10-14)22-19(24)16-6-2-3-7-17(16)23-20(25)18-8-4-5-13-21-18/h2-8,13-15H,9-12H2,1H3,(H,22,24)(H,23,25). The zero-order chi connectivity index (χ0) is 17.6. The van der Waals surface area contributed by atoms with E-state index in [0.29, 0.717) is 16.9 Å². The Morgan fingerprint density at radius 1 is 0.960 bits per heavy atom. The molecule has 1 aliphatic rings. The van der Waals surface area contributed by atoms with E-state index < -0.39 is 0 Å². The van der Waals surface area contributed by atoms with Crippen LogP contribution in [0.2, 0.25) is 0 Å². The highest BCUT2D eigenvalue weighted by molar-refractivity contribution is 6.08. The third-order valence-electron chi connectivity index (χ3n) is 4.67. The predicted octanol–water partition coefficient (Wildman–Crippen LogP) is 3.64. The van der Waals surface area contributed by atoms with Crippen LogP contribution in [-0.4, -0.2) is 22.8 Å². The predicted molar refractivity (Wildman–Crippen MR) is 97.5 cm³/mol. The number of rotatable bonds is 4. The van der Waals surface area contributed by atoms with E-state index in [1.165, 1.54) is 0 Å². The van der Waals surface area contributed by atoms with Crippen LogP contribution in [0.15, 0.2) is 48.7 Å².